The van der Waals surface area contributed by atoms with Crippen LogP contribution in [0.4, 0.5) is 5.82 Å². The van der Waals surface area contributed by atoms with Crippen molar-refractivity contribution in [1.82, 2.24) is 9.38 Å². The highest BCUT2D eigenvalue weighted by Crippen LogP contribution is 2.37. The molecule has 0 atom stereocenters. The molecular weight excluding hydrogens is 286 g/mol. The average Bonchev–Trinajstić information content (AvgIpc) is 2.97. The number of fused-ring (bicyclic) bond motifs is 2. The number of benzene rings is 1. The Morgan fingerprint density at radius 3 is 2.81 bits per heavy atom. The number of para-hydroxylation sites is 1. The summed E-state index contributed by atoms with van der Waals surface area (Å²) in [6, 6.07) is 11.5. The molecule has 1 aromatic carbocycles. The Hall–Kier alpha value is -2.46. The van der Waals surface area contributed by atoms with Crippen molar-refractivity contribution in [3.63, 3.8) is 0 Å². The maximum absolute atomic E-state index is 6.26. The molecule has 0 bridgehead atoms. The van der Waals surface area contributed by atoms with Crippen molar-refractivity contribution < 1.29 is 4.42 Å². The number of anilines is 1. The normalized spacial score (nSPS) is 11.5. The van der Waals surface area contributed by atoms with Crippen molar-refractivity contribution in [2.75, 3.05) is 5.73 Å². The second-order valence-electron chi connectivity index (χ2n) is 4.92. The largest absolute Gasteiger partial charge is 0.461 e. The van der Waals surface area contributed by atoms with Crippen LogP contribution in [0.2, 0.25) is 5.02 Å². The lowest BCUT2D eigenvalue weighted by Gasteiger charge is -1.98. The van der Waals surface area contributed by atoms with Crippen LogP contribution in [-0.4, -0.2) is 9.38 Å². The topological polar surface area (TPSA) is 56.5 Å². The Kier molecular flexibility index (Phi) is 2.50. The molecule has 0 aliphatic rings. The second kappa shape index (κ2) is 4.27. The summed E-state index contributed by atoms with van der Waals surface area (Å²) in [4.78, 5) is 4.61. The number of halogens is 1. The fraction of sp³-hybridized carbons (Fsp3) is 0.0625. The van der Waals surface area contributed by atoms with Gasteiger partial charge in [-0.2, -0.15) is 0 Å². The number of imidazole rings is 1. The van der Waals surface area contributed by atoms with E-state index in [4.69, 9.17) is 21.8 Å². The van der Waals surface area contributed by atoms with E-state index in [0.29, 0.717) is 22.2 Å². The number of furan rings is 1. The summed E-state index contributed by atoms with van der Waals surface area (Å²) >= 11 is 6.20. The lowest BCUT2D eigenvalue weighted by atomic mass is 10.1. The van der Waals surface area contributed by atoms with Gasteiger partial charge in [-0.15, -0.1) is 0 Å². The van der Waals surface area contributed by atoms with E-state index >= 15 is 0 Å². The fourth-order valence-electron chi connectivity index (χ4n) is 2.70. The summed E-state index contributed by atoms with van der Waals surface area (Å²) in [5.41, 5.74) is 9.35. The zero-order valence-corrected chi connectivity index (χ0v) is 12.1. The van der Waals surface area contributed by atoms with E-state index in [1.54, 1.807) is 10.5 Å². The Morgan fingerprint density at radius 2 is 2.00 bits per heavy atom. The summed E-state index contributed by atoms with van der Waals surface area (Å²) in [5.74, 6) is 1.35. The van der Waals surface area contributed by atoms with E-state index in [9.17, 15) is 0 Å². The molecule has 0 radical (unpaired) electrons. The van der Waals surface area contributed by atoms with Crippen LogP contribution in [0, 0.1) is 6.92 Å². The zero-order valence-electron chi connectivity index (χ0n) is 11.3. The molecule has 0 aliphatic carbocycles. The first-order valence-electron chi connectivity index (χ1n) is 6.57. The summed E-state index contributed by atoms with van der Waals surface area (Å²) in [5, 5.41) is 1.57. The van der Waals surface area contributed by atoms with Gasteiger partial charge in [0.05, 0.1) is 10.6 Å². The maximum Gasteiger partial charge on any atom is 0.157 e. The van der Waals surface area contributed by atoms with Crippen LogP contribution in [0.25, 0.3) is 27.9 Å². The standard InChI is InChI=1S/C16H12ClN3O/c1-9-13(10-5-2-3-7-12(10)21-9)14-15(18)20-8-4-6-11(17)16(20)19-14/h2-8H,18H2,1H3. The van der Waals surface area contributed by atoms with Crippen molar-refractivity contribution in [3.8, 4) is 11.3 Å². The minimum Gasteiger partial charge on any atom is -0.461 e. The molecule has 4 nitrogen and oxygen atoms in total. The first kappa shape index (κ1) is 12.3. The van der Waals surface area contributed by atoms with E-state index in [-0.39, 0.29) is 0 Å². The predicted molar refractivity (Wildman–Crippen MR) is 84.6 cm³/mol. The monoisotopic (exact) mass is 297 g/mol. The molecule has 3 aromatic heterocycles. The number of nitrogens with zero attached hydrogens (tertiary/aromatic N) is 2. The van der Waals surface area contributed by atoms with Crippen LogP contribution in [0.1, 0.15) is 5.76 Å². The highest BCUT2D eigenvalue weighted by molar-refractivity contribution is 6.33. The van der Waals surface area contributed by atoms with Crippen LogP contribution in [0.15, 0.2) is 47.0 Å². The van der Waals surface area contributed by atoms with Gasteiger partial charge in [-0.3, -0.25) is 4.40 Å². The number of nitrogen functional groups attached to an aromatic ring is 1. The minimum absolute atomic E-state index is 0.558. The second-order valence-corrected chi connectivity index (χ2v) is 5.33. The van der Waals surface area contributed by atoms with E-state index in [1.165, 1.54) is 0 Å². The molecule has 21 heavy (non-hydrogen) atoms. The molecule has 0 amide bonds. The SMILES string of the molecule is Cc1oc2ccccc2c1-c1nc2c(Cl)cccn2c1N. The number of hydrogen-bond acceptors (Lipinski definition) is 3. The summed E-state index contributed by atoms with van der Waals surface area (Å²) in [6.45, 7) is 1.92. The van der Waals surface area contributed by atoms with Crippen LogP contribution >= 0.6 is 11.6 Å². The van der Waals surface area contributed by atoms with E-state index in [0.717, 1.165) is 22.3 Å². The summed E-state index contributed by atoms with van der Waals surface area (Å²) in [7, 11) is 0. The van der Waals surface area contributed by atoms with Gasteiger partial charge in [0, 0.05) is 11.6 Å². The third-order valence-electron chi connectivity index (χ3n) is 3.65. The molecule has 2 N–H and O–H groups in total. The molecule has 0 unspecified atom stereocenters. The van der Waals surface area contributed by atoms with E-state index in [1.807, 2.05) is 43.5 Å². The number of rotatable bonds is 1. The van der Waals surface area contributed by atoms with Gasteiger partial charge in [-0.25, -0.2) is 4.98 Å². The summed E-state index contributed by atoms with van der Waals surface area (Å²) in [6.07, 6.45) is 1.85. The Labute approximate surface area is 125 Å². The van der Waals surface area contributed by atoms with Gasteiger partial charge in [-0.05, 0) is 25.1 Å². The maximum atomic E-state index is 6.26. The number of hydrogen-bond donors (Lipinski definition) is 1. The molecule has 0 spiro atoms. The molecular formula is C16H12ClN3O. The molecule has 4 rings (SSSR count). The molecule has 0 saturated heterocycles. The zero-order chi connectivity index (χ0) is 14.6. The Bertz CT molecular complexity index is 984. The smallest absolute Gasteiger partial charge is 0.157 e. The van der Waals surface area contributed by atoms with Gasteiger partial charge in [-0.1, -0.05) is 29.8 Å². The quantitative estimate of drug-likeness (QED) is 0.570. The Morgan fingerprint density at radius 1 is 1.19 bits per heavy atom. The summed E-state index contributed by atoms with van der Waals surface area (Å²) < 4.78 is 7.59. The average molecular weight is 298 g/mol. The molecule has 4 aromatic rings. The molecule has 0 saturated carbocycles. The molecule has 0 fully saturated rings. The third kappa shape index (κ3) is 1.66. The van der Waals surface area contributed by atoms with Crippen molar-refractivity contribution in [2.24, 2.45) is 0 Å². The molecule has 3 heterocycles. The van der Waals surface area contributed by atoms with Crippen LogP contribution in [-0.2, 0) is 0 Å². The van der Waals surface area contributed by atoms with Gasteiger partial charge in [0.15, 0.2) is 5.65 Å². The molecule has 0 aliphatic heterocycles. The van der Waals surface area contributed by atoms with Gasteiger partial charge in [0.1, 0.15) is 22.9 Å². The highest BCUT2D eigenvalue weighted by atomic mass is 35.5. The number of nitrogens with two attached hydrogens (primary N) is 1. The van der Waals surface area contributed by atoms with Crippen LogP contribution < -0.4 is 5.73 Å². The first-order valence-corrected chi connectivity index (χ1v) is 6.95. The van der Waals surface area contributed by atoms with E-state index in [2.05, 4.69) is 4.98 Å². The Balaban J connectivity index is 2.12. The van der Waals surface area contributed by atoms with Crippen LogP contribution in [0.5, 0.6) is 0 Å². The fourth-order valence-corrected chi connectivity index (χ4v) is 2.90. The van der Waals surface area contributed by atoms with Crippen molar-refractivity contribution in [3.05, 3.63) is 53.4 Å². The number of aromatic nitrogens is 2. The number of aryl methyl sites for hydroxylation is 1. The van der Waals surface area contributed by atoms with Crippen molar-refractivity contribution in [1.29, 1.82) is 0 Å². The molecule has 5 heteroatoms. The predicted octanol–water partition coefficient (Wildman–Crippen LogP) is 4.29. The van der Waals surface area contributed by atoms with Gasteiger partial charge < -0.3 is 10.2 Å². The van der Waals surface area contributed by atoms with Gasteiger partial charge in [0.2, 0.25) is 0 Å². The highest BCUT2D eigenvalue weighted by Gasteiger charge is 2.20. The molecule has 104 valence electrons. The van der Waals surface area contributed by atoms with Gasteiger partial charge in [0.25, 0.3) is 0 Å². The lowest BCUT2D eigenvalue weighted by Crippen LogP contribution is -1.94. The lowest BCUT2D eigenvalue weighted by molar-refractivity contribution is 0.580. The third-order valence-corrected chi connectivity index (χ3v) is 3.94. The van der Waals surface area contributed by atoms with Crippen molar-refractivity contribution in [2.45, 2.75) is 6.92 Å². The van der Waals surface area contributed by atoms with Crippen LogP contribution in [0.3, 0.4) is 0 Å². The van der Waals surface area contributed by atoms with E-state index < -0.39 is 0 Å². The first-order chi connectivity index (χ1) is 10.2. The van der Waals surface area contributed by atoms with Gasteiger partial charge >= 0.3 is 0 Å². The number of pyridine rings is 1. The minimum atomic E-state index is 0.558. The van der Waals surface area contributed by atoms with Crippen molar-refractivity contribution >= 4 is 34.0 Å².